The maximum atomic E-state index is 12.7. The third-order valence-electron chi connectivity index (χ3n) is 4.85. The number of carboxylic acids is 2. The van der Waals surface area contributed by atoms with Crippen molar-refractivity contribution >= 4 is 23.7 Å². The van der Waals surface area contributed by atoms with Crippen LogP contribution in [0.3, 0.4) is 0 Å². The van der Waals surface area contributed by atoms with Gasteiger partial charge in [-0.1, -0.05) is 50.2 Å². The normalized spacial score (nSPS) is 11.6. The number of nitro groups is 1. The summed E-state index contributed by atoms with van der Waals surface area (Å²) in [5, 5.41) is 32.6. The van der Waals surface area contributed by atoms with Gasteiger partial charge in [0.15, 0.2) is 0 Å². The van der Waals surface area contributed by atoms with Gasteiger partial charge in [-0.05, 0) is 23.1 Å². The van der Waals surface area contributed by atoms with Crippen LogP contribution in [0, 0.1) is 16.0 Å². The van der Waals surface area contributed by atoms with Crippen molar-refractivity contribution in [3.63, 3.8) is 0 Å². The standard InChI is InChI=1S/C23H27N3O7/c1-15(2)14-25(11-10-21(27)28)23(31)24-19(22(29)30)12-16-8-9-18(20(13-16)26(32)33)17-6-4-3-5-7-17/h3-9,13,15,19H,10-12,14H2,1-2H3,(H,24,31)(H,27,28)(H,29,30)/t19-/m0/s1. The Labute approximate surface area is 191 Å². The summed E-state index contributed by atoms with van der Waals surface area (Å²) >= 11 is 0. The van der Waals surface area contributed by atoms with Crippen LogP contribution in [0.25, 0.3) is 11.1 Å². The average Bonchev–Trinajstić information content (AvgIpc) is 2.76. The lowest BCUT2D eigenvalue weighted by Crippen LogP contribution is -2.50. The zero-order valence-electron chi connectivity index (χ0n) is 18.4. The number of hydrogen-bond acceptors (Lipinski definition) is 5. The molecule has 2 amide bonds. The monoisotopic (exact) mass is 457 g/mol. The van der Waals surface area contributed by atoms with Gasteiger partial charge in [0.25, 0.3) is 5.69 Å². The van der Waals surface area contributed by atoms with E-state index in [-0.39, 0.29) is 37.5 Å². The number of nitrogens with zero attached hydrogens (tertiary/aromatic N) is 2. The Balaban J connectivity index is 2.23. The van der Waals surface area contributed by atoms with E-state index >= 15 is 0 Å². The summed E-state index contributed by atoms with van der Waals surface area (Å²) in [4.78, 5) is 47.7. The first kappa shape index (κ1) is 25.3. The Bertz CT molecular complexity index is 1010. The summed E-state index contributed by atoms with van der Waals surface area (Å²) in [5.41, 5.74) is 1.26. The van der Waals surface area contributed by atoms with Crippen LogP contribution < -0.4 is 5.32 Å². The number of hydrogen-bond donors (Lipinski definition) is 3. The summed E-state index contributed by atoms with van der Waals surface area (Å²) in [5.74, 6) is -2.33. The maximum absolute atomic E-state index is 12.7. The van der Waals surface area contributed by atoms with Crippen molar-refractivity contribution < 1.29 is 29.5 Å². The zero-order chi connectivity index (χ0) is 24.5. The minimum Gasteiger partial charge on any atom is -0.481 e. The Morgan fingerprint density at radius 2 is 1.76 bits per heavy atom. The molecule has 3 N–H and O–H groups in total. The molecule has 0 heterocycles. The number of nitrogens with one attached hydrogen (secondary N) is 1. The van der Waals surface area contributed by atoms with Crippen LogP contribution in [0.15, 0.2) is 48.5 Å². The van der Waals surface area contributed by atoms with E-state index in [0.717, 1.165) is 0 Å². The van der Waals surface area contributed by atoms with E-state index in [1.54, 1.807) is 42.5 Å². The quantitative estimate of drug-likeness (QED) is 0.346. The van der Waals surface area contributed by atoms with Crippen molar-refractivity contribution in [2.75, 3.05) is 13.1 Å². The second-order valence-electron chi connectivity index (χ2n) is 8.00. The molecule has 10 nitrogen and oxygen atoms in total. The molecule has 1 atom stereocenters. The molecule has 0 saturated heterocycles. The van der Waals surface area contributed by atoms with Gasteiger partial charge in [-0.2, -0.15) is 0 Å². The summed E-state index contributed by atoms with van der Waals surface area (Å²) in [6.07, 6.45) is -0.448. The van der Waals surface area contributed by atoms with E-state index in [2.05, 4.69) is 5.32 Å². The number of nitro benzene ring substituents is 1. The minimum atomic E-state index is -1.35. The highest BCUT2D eigenvalue weighted by molar-refractivity contribution is 5.83. The Kier molecular flexibility index (Phi) is 8.90. The molecule has 0 aliphatic rings. The van der Waals surface area contributed by atoms with Gasteiger partial charge in [0.05, 0.1) is 16.9 Å². The van der Waals surface area contributed by atoms with Crippen LogP contribution in [0.2, 0.25) is 0 Å². The lowest BCUT2D eigenvalue weighted by Gasteiger charge is -2.26. The van der Waals surface area contributed by atoms with E-state index in [0.29, 0.717) is 16.7 Å². The molecule has 0 aliphatic heterocycles. The lowest BCUT2D eigenvalue weighted by atomic mass is 9.98. The number of carboxylic acid groups (broad SMARTS) is 2. The van der Waals surface area contributed by atoms with Crippen molar-refractivity contribution in [1.82, 2.24) is 10.2 Å². The molecular formula is C23H27N3O7. The van der Waals surface area contributed by atoms with Crippen molar-refractivity contribution in [2.45, 2.75) is 32.7 Å². The molecule has 0 saturated carbocycles. The minimum absolute atomic E-state index is 0.0426. The summed E-state index contributed by atoms with van der Waals surface area (Å²) in [6, 6.07) is 11.2. The van der Waals surface area contributed by atoms with E-state index < -0.39 is 28.9 Å². The lowest BCUT2D eigenvalue weighted by molar-refractivity contribution is -0.384. The summed E-state index contributed by atoms with van der Waals surface area (Å²) in [7, 11) is 0. The molecule has 10 heteroatoms. The zero-order valence-corrected chi connectivity index (χ0v) is 18.4. The van der Waals surface area contributed by atoms with E-state index in [4.69, 9.17) is 5.11 Å². The van der Waals surface area contributed by atoms with Crippen LogP contribution in [-0.4, -0.2) is 57.1 Å². The van der Waals surface area contributed by atoms with Gasteiger partial charge < -0.3 is 20.4 Å². The van der Waals surface area contributed by atoms with Crippen LogP contribution >= 0.6 is 0 Å². The average molecular weight is 457 g/mol. The van der Waals surface area contributed by atoms with E-state index in [1.165, 1.54) is 11.0 Å². The van der Waals surface area contributed by atoms with Gasteiger partial charge in [-0.3, -0.25) is 14.9 Å². The fourth-order valence-corrected chi connectivity index (χ4v) is 3.34. The van der Waals surface area contributed by atoms with Gasteiger partial charge in [0, 0.05) is 25.6 Å². The Morgan fingerprint density at radius 1 is 1.09 bits per heavy atom. The van der Waals surface area contributed by atoms with Crippen LogP contribution in [0.5, 0.6) is 0 Å². The Morgan fingerprint density at radius 3 is 2.30 bits per heavy atom. The highest BCUT2D eigenvalue weighted by Crippen LogP contribution is 2.31. The molecule has 2 aromatic rings. The largest absolute Gasteiger partial charge is 0.481 e. The predicted molar refractivity (Wildman–Crippen MR) is 121 cm³/mol. The van der Waals surface area contributed by atoms with Crippen molar-refractivity contribution in [3.8, 4) is 11.1 Å². The fraction of sp³-hybridized carbons (Fsp3) is 0.348. The molecule has 0 spiro atoms. The molecule has 176 valence electrons. The molecule has 0 aromatic heterocycles. The van der Waals surface area contributed by atoms with E-state index in [1.807, 2.05) is 13.8 Å². The van der Waals surface area contributed by atoms with Gasteiger partial charge in [-0.25, -0.2) is 9.59 Å². The molecular weight excluding hydrogens is 430 g/mol. The summed E-state index contributed by atoms with van der Waals surface area (Å²) < 4.78 is 0. The molecule has 0 radical (unpaired) electrons. The molecule has 0 aliphatic carbocycles. The molecule has 33 heavy (non-hydrogen) atoms. The molecule has 2 rings (SSSR count). The molecule has 0 unspecified atom stereocenters. The number of urea groups is 1. The first-order valence-corrected chi connectivity index (χ1v) is 10.4. The van der Waals surface area contributed by atoms with Crippen molar-refractivity contribution in [2.24, 2.45) is 5.92 Å². The second-order valence-corrected chi connectivity index (χ2v) is 8.00. The number of aliphatic carboxylic acids is 2. The number of carbonyl (C=O) groups is 3. The topological polar surface area (TPSA) is 150 Å². The third-order valence-corrected chi connectivity index (χ3v) is 4.85. The predicted octanol–water partition coefficient (Wildman–Crippen LogP) is 3.40. The number of amides is 2. The van der Waals surface area contributed by atoms with Gasteiger partial charge in [0.2, 0.25) is 0 Å². The number of benzene rings is 2. The smallest absolute Gasteiger partial charge is 0.326 e. The molecule has 0 fully saturated rings. The highest BCUT2D eigenvalue weighted by atomic mass is 16.6. The van der Waals surface area contributed by atoms with Gasteiger partial charge in [-0.15, -0.1) is 0 Å². The fourth-order valence-electron chi connectivity index (χ4n) is 3.34. The van der Waals surface area contributed by atoms with Crippen LogP contribution in [-0.2, 0) is 16.0 Å². The number of carbonyl (C=O) groups excluding carboxylic acids is 1. The molecule has 0 bridgehead atoms. The Hall–Kier alpha value is -3.95. The first-order chi connectivity index (χ1) is 15.6. The maximum Gasteiger partial charge on any atom is 0.326 e. The summed E-state index contributed by atoms with van der Waals surface area (Å²) in [6.45, 7) is 3.89. The van der Waals surface area contributed by atoms with Crippen molar-refractivity contribution in [1.29, 1.82) is 0 Å². The highest BCUT2D eigenvalue weighted by Gasteiger charge is 2.26. The van der Waals surface area contributed by atoms with Crippen molar-refractivity contribution in [3.05, 3.63) is 64.2 Å². The SMILES string of the molecule is CC(C)CN(CCC(=O)O)C(=O)N[C@@H](Cc1ccc(-c2ccccc2)c([N+](=O)[O-])c1)C(=O)O. The van der Waals surface area contributed by atoms with Crippen LogP contribution in [0.4, 0.5) is 10.5 Å². The first-order valence-electron chi connectivity index (χ1n) is 10.4. The van der Waals surface area contributed by atoms with Crippen LogP contribution in [0.1, 0.15) is 25.8 Å². The third kappa shape index (κ3) is 7.60. The number of rotatable bonds is 11. The molecule has 2 aromatic carbocycles. The second kappa shape index (κ2) is 11.6. The van der Waals surface area contributed by atoms with Gasteiger partial charge >= 0.3 is 18.0 Å². The van der Waals surface area contributed by atoms with Gasteiger partial charge in [0.1, 0.15) is 6.04 Å². The van der Waals surface area contributed by atoms with E-state index in [9.17, 15) is 29.6 Å².